The van der Waals surface area contributed by atoms with E-state index in [1.807, 2.05) is 49.4 Å². The van der Waals surface area contributed by atoms with Crippen LogP contribution in [0.25, 0.3) is 11.5 Å². The molecule has 124 valence electrons. The minimum Gasteiger partial charge on any atom is -0.484 e. The quantitative estimate of drug-likeness (QED) is 0.684. The summed E-state index contributed by atoms with van der Waals surface area (Å²) in [4.78, 5) is 0. The van der Waals surface area contributed by atoms with E-state index in [1.165, 1.54) is 0 Å². The molecule has 0 fully saturated rings. The summed E-state index contributed by atoms with van der Waals surface area (Å²) in [6, 6.07) is 16.0. The van der Waals surface area contributed by atoms with Gasteiger partial charge in [0.05, 0.1) is 0 Å². The van der Waals surface area contributed by atoms with Crippen molar-refractivity contribution in [2.75, 3.05) is 0 Å². The lowest BCUT2D eigenvalue weighted by molar-refractivity contribution is 0.258. The Bertz CT molecular complexity index is 831. The fourth-order valence-corrected chi connectivity index (χ4v) is 2.59. The largest absolute Gasteiger partial charge is 0.484 e. The molecule has 3 aromatic rings. The zero-order chi connectivity index (χ0) is 17.2. The molecule has 1 aromatic heterocycles. The summed E-state index contributed by atoms with van der Waals surface area (Å²) in [6.07, 6.45) is 0. The molecule has 0 aliphatic rings. The molecule has 0 amide bonds. The van der Waals surface area contributed by atoms with Crippen molar-refractivity contribution in [2.24, 2.45) is 0 Å². The van der Waals surface area contributed by atoms with Gasteiger partial charge in [0.15, 0.2) is 6.61 Å². The monoisotopic (exact) mass is 322 g/mol. The van der Waals surface area contributed by atoms with Gasteiger partial charge in [0.2, 0.25) is 5.89 Å². The number of rotatable bonds is 4. The molecule has 1 heterocycles. The maximum atomic E-state index is 5.93. The van der Waals surface area contributed by atoms with Gasteiger partial charge in [0.1, 0.15) is 5.75 Å². The summed E-state index contributed by atoms with van der Waals surface area (Å²) in [5, 5.41) is 8.23. The Morgan fingerprint density at radius 3 is 2.42 bits per heavy atom. The summed E-state index contributed by atoms with van der Waals surface area (Å²) >= 11 is 0. The zero-order valence-corrected chi connectivity index (χ0v) is 14.5. The minimum absolute atomic E-state index is 0.0117. The second kappa shape index (κ2) is 6.48. The third kappa shape index (κ3) is 3.48. The number of para-hydroxylation sites is 1. The first kappa shape index (κ1) is 16.2. The van der Waals surface area contributed by atoms with Crippen LogP contribution in [0.5, 0.6) is 5.75 Å². The minimum atomic E-state index is 0.0117. The van der Waals surface area contributed by atoms with Gasteiger partial charge in [-0.1, -0.05) is 57.2 Å². The number of ether oxygens (including phenoxy) is 1. The molecule has 0 saturated heterocycles. The summed E-state index contributed by atoms with van der Waals surface area (Å²) in [5.74, 6) is 1.84. The molecule has 0 N–H and O–H groups in total. The van der Waals surface area contributed by atoms with E-state index in [-0.39, 0.29) is 12.0 Å². The van der Waals surface area contributed by atoms with Crippen LogP contribution >= 0.6 is 0 Å². The van der Waals surface area contributed by atoms with Crippen LogP contribution in [0, 0.1) is 6.92 Å². The predicted octanol–water partition coefficient (Wildman–Crippen LogP) is 4.92. The first-order valence-corrected chi connectivity index (χ1v) is 8.06. The SMILES string of the molecule is Cc1ccccc1-c1nnc(COc2ccccc2C(C)(C)C)o1. The standard InChI is InChI=1S/C20H22N2O2/c1-14-9-5-6-10-15(14)19-22-21-18(24-19)13-23-17-12-8-7-11-16(17)20(2,3)4/h5-12H,13H2,1-4H3. The van der Waals surface area contributed by atoms with Crippen LogP contribution in [-0.4, -0.2) is 10.2 Å². The van der Waals surface area contributed by atoms with Gasteiger partial charge < -0.3 is 9.15 Å². The number of aryl methyl sites for hydroxylation is 1. The van der Waals surface area contributed by atoms with Crippen molar-refractivity contribution >= 4 is 0 Å². The highest BCUT2D eigenvalue weighted by molar-refractivity contribution is 5.57. The van der Waals surface area contributed by atoms with Gasteiger partial charge in [-0.05, 0) is 35.6 Å². The zero-order valence-electron chi connectivity index (χ0n) is 14.5. The predicted molar refractivity (Wildman–Crippen MR) is 93.9 cm³/mol. The van der Waals surface area contributed by atoms with E-state index >= 15 is 0 Å². The van der Waals surface area contributed by atoms with Crippen molar-refractivity contribution in [1.82, 2.24) is 10.2 Å². The van der Waals surface area contributed by atoms with Gasteiger partial charge in [0.25, 0.3) is 5.89 Å². The Hall–Kier alpha value is -2.62. The van der Waals surface area contributed by atoms with Crippen molar-refractivity contribution < 1.29 is 9.15 Å². The first-order chi connectivity index (χ1) is 11.4. The van der Waals surface area contributed by atoms with Crippen LogP contribution in [0.3, 0.4) is 0 Å². The Kier molecular flexibility index (Phi) is 4.38. The van der Waals surface area contributed by atoms with Gasteiger partial charge in [0, 0.05) is 5.56 Å². The van der Waals surface area contributed by atoms with Gasteiger partial charge in [-0.15, -0.1) is 10.2 Å². The van der Waals surface area contributed by atoms with Crippen molar-refractivity contribution in [3.63, 3.8) is 0 Å². The fraction of sp³-hybridized carbons (Fsp3) is 0.300. The lowest BCUT2D eigenvalue weighted by atomic mass is 9.86. The van der Waals surface area contributed by atoms with Crippen LogP contribution in [-0.2, 0) is 12.0 Å². The van der Waals surface area contributed by atoms with Crippen molar-refractivity contribution in [3.8, 4) is 17.2 Å². The molecule has 0 radical (unpaired) electrons. The Morgan fingerprint density at radius 2 is 1.67 bits per heavy atom. The molecule has 0 aliphatic heterocycles. The van der Waals surface area contributed by atoms with E-state index in [9.17, 15) is 0 Å². The number of hydrogen-bond donors (Lipinski definition) is 0. The molecular weight excluding hydrogens is 300 g/mol. The molecule has 2 aromatic carbocycles. The van der Waals surface area contributed by atoms with Crippen LogP contribution in [0.2, 0.25) is 0 Å². The highest BCUT2D eigenvalue weighted by Crippen LogP contribution is 2.31. The van der Waals surface area contributed by atoms with E-state index in [1.54, 1.807) is 0 Å². The van der Waals surface area contributed by atoms with Gasteiger partial charge in [-0.3, -0.25) is 0 Å². The van der Waals surface area contributed by atoms with E-state index in [0.29, 0.717) is 11.8 Å². The third-order valence-electron chi connectivity index (χ3n) is 3.89. The maximum absolute atomic E-state index is 5.93. The van der Waals surface area contributed by atoms with Crippen molar-refractivity contribution in [2.45, 2.75) is 39.7 Å². The first-order valence-electron chi connectivity index (χ1n) is 8.06. The number of nitrogens with zero attached hydrogens (tertiary/aromatic N) is 2. The maximum Gasteiger partial charge on any atom is 0.254 e. The lowest BCUT2D eigenvalue weighted by Crippen LogP contribution is -2.13. The van der Waals surface area contributed by atoms with Gasteiger partial charge >= 0.3 is 0 Å². The van der Waals surface area contributed by atoms with Crippen molar-refractivity contribution in [1.29, 1.82) is 0 Å². The molecule has 24 heavy (non-hydrogen) atoms. The molecule has 4 nitrogen and oxygen atoms in total. The number of benzene rings is 2. The number of aromatic nitrogens is 2. The van der Waals surface area contributed by atoms with Crippen molar-refractivity contribution in [3.05, 3.63) is 65.5 Å². The van der Waals surface area contributed by atoms with Crippen LogP contribution < -0.4 is 4.74 Å². The molecule has 3 rings (SSSR count). The molecule has 0 unspecified atom stereocenters. The molecule has 0 atom stereocenters. The van der Waals surface area contributed by atoms with E-state index in [4.69, 9.17) is 9.15 Å². The molecule has 0 aliphatic carbocycles. The van der Waals surface area contributed by atoms with Crippen LogP contribution in [0.15, 0.2) is 52.9 Å². The highest BCUT2D eigenvalue weighted by atomic mass is 16.5. The highest BCUT2D eigenvalue weighted by Gasteiger charge is 2.19. The lowest BCUT2D eigenvalue weighted by Gasteiger charge is -2.22. The summed E-state index contributed by atoms with van der Waals surface area (Å²) in [6.45, 7) is 8.77. The summed E-state index contributed by atoms with van der Waals surface area (Å²) < 4.78 is 11.7. The average Bonchev–Trinajstić information content (AvgIpc) is 3.01. The smallest absolute Gasteiger partial charge is 0.254 e. The molecule has 4 heteroatoms. The van der Waals surface area contributed by atoms with E-state index in [2.05, 4.69) is 37.0 Å². The summed E-state index contributed by atoms with van der Waals surface area (Å²) in [7, 11) is 0. The Balaban J connectivity index is 1.77. The van der Waals surface area contributed by atoms with Gasteiger partial charge in [-0.25, -0.2) is 0 Å². The third-order valence-corrected chi connectivity index (χ3v) is 3.89. The second-order valence-electron chi connectivity index (χ2n) is 6.85. The molecule has 0 saturated carbocycles. The number of hydrogen-bond acceptors (Lipinski definition) is 4. The second-order valence-corrected chi connectivity index (χ2v) is 6.85. The summed E-state index contributed by atoms with van der Waals surface area (Å²) in [5.41, 5.74) is 3.22. The Labute approximate surface area is 142 Å². The molecular formula is C20H22N2O2. The normalized spacial score (nSPS) is 11.5. The molecule has 0 bridgehead atoms. The van der Waals surface area contributed by atoms with Crippen LogP contribution in [0.4, 0.5) is 0 Å². The topological polar surface area (TPSA) is 48.2 Å². The van der Waals surface area contributed by atoms with Gasteiger partial charge in [-0.2, -0.15) is 0 Å². The van der Waals surface area contributed by atoms with E-state index in [0.717, 1.165) is 22.4 Å². The Morgan fingerprint density at radius 1 is 0.958 bits per heavy atom. The van der Waals surface area contributed by atoms with Crippen LogP contribution in [0.1, 0.15) is 37.8 Å². The average molecular weight is 322 g/mol. The van der Waals surface area contributed by atoms with E-state index < -0.39 is 0 Å². The fourth-order valence-electron chi connectivity index (χ4n) is 2.59. The molecule has 0 spiro atoms.